The number of alkyl halides is 3. The second kappa shape index (κ2) is 6.97. The van der Waals surface area contributed by atoms with Crippen molar-refractivity contribution >= 4 is 34.6 Å². The van der Waals surface area contributed by atoms with Crippen molar-refractivity contribution in [3.8, 4) is 5.69 Å². The molecule has 2 aromatic carbocycles. The molecule has 0 aliphatic rings. The zero-order valence-electron chi connectivity index (χ0n) is 12.8. The number of aromatic nitrogens is 2. The molecule has 0 radical (unpaired) electrons. The molecule has 0 bridgehead atoms. The maximum atomic E-state index is 13.3. The fraction of sp³-hybridized carbons (Fsp3) is 0.0625. The third-order valence-corrected chi connectivity index (χ3v) is 4.07. The van der Waals surface area contributed by atoms with E-state index >= 15 is 0 Å². The van der Waals surface area contributed by atoms with Crippen LogP contribution in [0.5, 0.6) is 0 Å². The van der Waals surface area contributed by atoms with Gasteiger partial charge in [-0.25, -0.2) is 4.68 Å². The molecule has 1 heterocycles. The molecule has 1 N–H and O–H groups in total. The van der Waals surface area contributed by atoms with Crippen LogP contribution in [0.4, 0.5) is 24.5 Å². The highest BCUT2D eigenvalue weighted by Crippen LogP contribution is 2.34. The van der Waals surface area contributed by atoms with Crippen molar-refractivity contribution in [2.45, 2.75) is 6.18 Å². The van der Waals surface area contributed by atoms with E-state index in [1.54, 1.807) is 18.2 Å². The van der Waals surface area contributed by atoms with Gasteiger partial charge in [-0.1, -0.05) is 41.4 Å². The summed E-state index contributed by atoms with van der Waals surface area (Å²) in [6, 6.07) is 12.0. The van der Waals surface area contributed by atoms with E-state index in [2.05, 4.69) is 10.2 Å². The lowest BCUT2D eigenvalue weighted by Crippen LogP contribution is -2.13. The predicted molar refractivity (Wildman–Crippen MR) is 92.0 cm³/mol. The van der Waals surface area contributed by atoms with E-state index in [1.807, 2.05) is 5.10 Å². The first-order valence-corrected chi connectivity index (χ1v) is 7.87. The summed E-state index contributed by atoms with van der Waals surface area (Å²) in [4.78, 5) is 12.4. The van der Waals surface area contributed by atoms with Crippen LogP contribution in [0.15, 0.2) is 63.6 Å². The Morgan fingerprint density at radius 1 is 0.962 bits per heavy atom. The van der Waals surface area contributed by atoms with Crippen LogP contribution in [-0.2, 0) is 6.18 Å². The number of halogens is 5. The van der Waals surface area contributed by atoms with Crippen LogP contribution in [0.2, 0.25) is 10.0 Å². The van der Waals surface area contributed by atoms with Gasteiger partial charge in [-0.15, -0.1) is 5.11 Å². The molecule has 134 valence electrons. The molecular weight excluding hydrogens is 392 g/mol. The first-order chi connectivity index (χ1) is 12.3. The van der Waals surface area contributed by atoms with Crippen molar-refractivity contribution in [3.63, 3.8) is 0 Å². The van der Waals surface area contributed by atoms with Crippen molar-refractivity contribution in [2.75, 3.05) is 0 Å². The Labute approximate surface area is 154 Å². The monoisotopic (exact) mass is 400 g/mol. The van der Waals surface area contributed by atoms with Gasteiger partial charge in [-0.2, -0.15) is 18.3 Å². The molecule has 0 unspecified atom stereocenters. The van der Waals surface area contributed by atoms with E-state index in [4.69, 9.17) is 23.2 Å². The van der Waals surface area contributed by atoms with Crippen molar-refractivity contribution in [3.05, 3.63) is 74.6 Å². The molecular formula is C16H9Cl2F3N4O. The number of para-hydroxylation sites is 1. The summed E-state index contributed by atoms with van der Waals surface area (Å²) in [6.07, 6.45) is -4.81. The number of benzene rings is 2. The molecule has 0 spiro atoms. The lowest BCUT2D eigenvalue weighted by molar-refractivity contribution is -0.140. The summed E-state index contributed by atoms with van der Waals surface area (Å²) in [6.45, 7) is 0. The standard InChI is InChI=1S/C16H9Cl2F3N4O/c17-11-7-6-9(8-12(11)18)22-23-13-14(16(19,20)21)24-25(15(13)26)10-4-2-1-3-5-10/h1-8,24H. The summed E-state index contributed by atoms with van der Waals surface area (Å²) >= 11 is 11.6. The number of rotatable bonds is 3. The van der Waals surface area contributed by atoms with Crippen LogP contribution in [0.1, 0.15) is 5.69 Å². The van der Waals surface area contributed by atoms with Gasteiger partial charge in [0.25, 0.3) is 5.56 Å². The minimum absolute atomic E-state index is 0.152. The third kappa shape index (κ3) is 3.66. The largest absolute Gasteiger partial charge is 0.435 e. The summed E-state index contributed by atoms with van der Waals surface area (Å²) in [5.41, 5.74) is -2.74. The van der Waals surface area contributed by atoms with Crippen LogP contribution in [0, 0.1) is 0 Å². The fourth-order valence-electron chi connectivity index (χ4n) is 2.13. The van der Waals surface area contributed by atoms with Gasteiger partial charge in [0.15, 0.2) is 11.4 Å². The number of hydrogen-bond donors (Lipinski definition) is 1. The molecule has 1 aromatic heterocycles. The van der Waals surface area contributed by atoms with Crippen LogP contribution >= 0.6 is 23.2 Å². The molecule has 26 heavy (non-hydrogen) atoms. The predicted octanol–water partition coefficient (Wildman–Crippen LogP) is 5.91. The Kier molecular flexibility index (Phi) is 4.88. The number of azo groups is 1. The lowest BCUT2D eigenvalue weighted by atomic mass is 10.3. The first-order valence-electron chi connectivity index (χ1n) is 7.12. The smallest absolute Gasteiger partial charge is 0.284 e. The Bertz CT molecular complexity index is 1030. The van der Waals surface area contributed by atoms with E-state index in [1.165, 1.54) is 30.3 Å². The highest BCUT2D eigenvalue weighted by molar-refractivity contribution is 6.42. The third-order valence-electron chi connectivity index (χ3n) is 3.33. The second-order valence-corrected chi connectivity index (χ2v) is 5.92. The molecule has 0 amide bonds. The Balaban J connectivity index is 2.10. The van der Waals surface area contributed by atoms with Gasteiger partial charge in [0.05, 0.1) is 21.4 Å². The number of nitrogens with one attached hydrogen (secondary N) is 1. The zero-order valence-corrected chi connectivity index (χ0v) is 14.3. The van der Waals surface area contributed by atoms with Crippen molar-refractivity contribution in [1.29, 1.82) is 0 Å². The summed E-state index contributed by atoms with van der Waals surface area (Å²) in [5.74, 6) is 0. The molecule has 0 saturated heterocycles. The number of aromatic amines is 1. The van der Waals surface area contributed by atoms with Gasteiger partial charge in [0.1, 0.15) is 0 Å². The van der Waals surface area contributed by atoms with Gasteiger partial charge in [-0.05, 0) is 30.3 Å². The average molecular weight is 401 g/mol. The van der Waals surface area contributed by atoms with E-state index in [0.29, 0.717) is 0 Å². The van der Waals surface area contributed by atoms with Crippen molar-refractivity contribution in [1.82, 2.24) is 9.78 Å². The second-order valence-electron chi connectivity index (χ2n) is 5.11. The highest BCUT2D eigenvalue weighted by atomic mass is 35.5. The molecule has 3 aromatic rings. The van der Waals surface area contributed by atoms with E-state index in [9.17, 15) is 18.0 Å². The van der Waals surface area contributed by atoms with Gasteiger partial charge in [-0.3, -0.25) is 9.89 Å². The molecule has 0 aliphatic carbocycles. The molecule has 0 fully saturated rings. The number of nitrogens with zero attached hydrogens (tertiary/aromatic N) is 3. The topological polar surface area (TPSA) is 62.5 Å². The highest BCUT2D eigenvalue weighted by Gasteiger charge is 2.38. The number of hydrogen-bond acceptors (Lipinski definition) is 3. The Morgan fingerprint density at radius 2 is 1.65 bits per heavy atom. The van der Waals surface area contributed by atoms with Crippen molar-refractivity contribution in [2.24, 2.45) is 10.2 Å². The summed E-state index contributed by atoms with van der Waals surface area (Å²) in [5, 5.41) is 9.63. The maximum absolute atomic E-state index is 13.3. The first kappa shape index (κ1) is 18.2. The molecule has 0 aliphatic heterocycles. The van der Waals surface area contributed by atoms with Gasteiger partial charge < -0.3 is 0 Å². The molecule has 10 heteroatoms. The van der Waals surface area contributed by atoms with Crippen LogP contribution < -0.4 is 5.56 Å². The zero-order chi connectivity index (χ0) is 18.9. The summed E-state index contributed by atoms with van der Waals surface area (Å²) in [7, 11) is 0. The molecule has 0 saturated carbocycles. The summed E-state index contributed by atoms with van der Waals surface area (Å²) < 4.78 is 40.6. The Morgan fingerprint density at radius 3 is 2.27 bits per heavy atom. The lowest BCUT2D eigenvalue weighted by Gasteiger charge is -2.04. The average Bonchev–Trinajstić information content (AvgIpc) is 2.94. The van der Waals surface area contributed by atoms with Crippen LogP contribution in [0.3, 0.4) is 0 Å². The fourth-order valence-corrected chi connectivity index (χ4v) is 2.42. The Hall–Kier alpha value is -2.58. The van der Waals surface area contributed by atoms with E-state index in [-0.39, 0.29) is 21.4 Å². The van der Waals surface area contributed by atoms with E-state index < -0.39 is 23.1 Å². The molecule has 5 nitrogen and oxygen atoms in total. The van der Waals surface area contributed by atoms with Gasteiger partial charge in [0, 0.05) is 0 Å². The minimum Gasteiger partial charge on any atom is -0.284 e. The molecule has 0 atom stereocenters. The SMILES string of the molecule is O=c1c(N=Nc2ccc(Cl)c(Cl)c2)c(C(F)(F)F)[nH]n1-c1ccccc1. The minimum atomic E-state index is -4.81. The molecule has 3 rings (SSSR count). The van der Waals surface area contributed by atoms with Gasteiger partial charge >= 0.3 is 6.18 Å². The quantitative estimate of drug-likeness (QED) is 0.546. The van der Waals surface area contributed by atoms with Gasteiger partial charge in [0.2, 0.25) is 0 Å². The van der Waals surface area contributed by atoms with E-state index in [0.717, 1.165) is 4.68 Å². The van der Waals surface area contributed by atoms with Crippen LogP contribution in [-0.4, -0.2) is 9.78 Å². The van der Waals surface area contributed by atoms with Crippen molar-refractivity contribution < 1.29 is 13.2 Å². The number of H-pyrrole nitrogens is 1. The normalized spacial score (nSPS) is 12.0. The maximum Gasteiger partial charge on any atom is 0.435 e. The van der Waals surface area contributed by atoms with Crippen LogP contribution in [0.25, 0.3) is 5.69 Å².